The normalized spacial score (nSPS) is 9.86. The lowest BCUT2D eigenvalue weighted by atomic mass is 10.2. The number of hydrogen-bond donors (Lipinski definition) is 1. The smallest absolute Gasteiger partial charge is 0.261 e. The number of carbonyl (C=O) groups is 1. The van der Waals surface area contributed by atoms with Crippen LogP contribution in [0.4, 0.5) is 4.39 Å². The topological polar surface area (TPSA) is 52.3 Å². The zero-order valence-electron chi connectivity index (χ0n) is 7.67. The maximum absolute atomic E-state index is 13.4. The molecule has 1 amide bonds. The van der Waals surface area contributed by atoms with E-state index >= 15 is 0 Å². The summed E-state index contributed by atoms with van der Waals surface area (Å²) in [5.41, 5.74) is 5.16. The van der Waals surface area contributed by atoms with Gasteiger partial charge in [-0.15, -0.1) is 11.3 Å². The van der Waals surface area contributed by atoms with Gasteiger partial charge in [-0.3, -0.25) is 4.79 Å². The van der Waals surface area contributed by atoms with Crippen LogP contribution in [0, 0.1) is 5.82 Å². The molecule has 1 heterocycles. The fourth-order valence-corrected chi connectivity index (χ4v) is 1.75. The van der Waals surface area contributed by atoms with E-state index in [1.54, 1.807) is 6.92 Å². The lowest BCUT2D eigenvalue weighted by Crippen LogP contribution is -2.10. The number of rotatable bonds is 4. The van der Waals surface area contributed by atoms with Gasteiger partial charge in [0, 0.05) is 5.38 Å². The van der Waals surface area contributed by atoms with E-state index in [-0.39, 0.29) is 16.2 Å². The molecule has 1 aromatic rings. The van der Waals surface area contributed by atoms with Gasteiger partial charge in [-0.1, -0.05) is 6.58 Å². The van der Waals surface area contributed by atoms with Crippen molar-refractivity contribution < 1.29 is 13.9 Å². The van der Waals surface area contributed by atoms with E-state index in [4.69, 9.17) is 10.5 Å². The van der Waals surface area contributed by atoms with Crippen LogP contribution in [0.1, 0.15) is 22.2 Å². The van der Waals surface area contributed by atoms with E-state index in [0.717, 1.165) is 11.3 Å². The second kappa shape index (κ2) is 4.23. The Bertz CT molecular complexity index is 373. The van der Waals surface area contributed by atoms with Crippen LogP contribution in [0.3, 0.4) is 0 Å². The van der Waals surface area contributed by atoms with Crippen LogP contribution in [0.5, 0.6) is 0 Å². The summed E-state index contributed by atoms with van der Waals surface area (Å²) in [7, 11) is 0. The molecule has 3 nitrogen and oxygen atoms in total. The predicted molar refractivity (Wildman–Crippen MR) is 53.5 cm³/mol. The van der Waals surface area contributed by atoms with Crippen molar-refractivity contribution in [1.29, 1.82) is 0 Å². The highest BCUT2D eigenvalue weighted by atomic mass is 32.1. The molecule has 2 N–H and O–H groups in total. The minimum atomic E-state index is -0.775. The van der Waals surface area contributed by atoms with Crippen LogP contribution in [-0.4, -0.2) is 12.5 Å². The molecule has 0 aliphatic heterocycles. The second-order valence-corrected chi connectivity index (χ2v) is 3.39. The fourth-order valence-electron chi connectivity index (χ4n) is 0.950. The van der Waals surface area contributed by atoms with Gasteiger partial charge in [0.25, 0.3) is 5.91 Å². The zero-order valence-corrected chi connectivity index (χ0v) is 8.49. The van der Waals surface area contributed by atoms with E-state index in [9.17, 15) is 9.18 Å². The molecular formula is C9H10FNO2S. The maximum Gasteiger partial charge on any atom is 0.261 e. The first-order chi connectivity index (χ1) is 6.57. The summed E-state index contributed by atoms with van der Waals surface area (Å²) in [6, 6.07) is 0. The highest BCUT2D eigenvalue weighted by Crippen LogP contribution is 2.26. The van der Waals surface area contributed by atoms with Crippen molar-refractivity contribution in [1.82, 2.24) is 0 Å². The quantitative estimate of drug-likeness (QED) is 0.781. The molecule has 0 atom stereocenters. The van der Waals surface area contributed by atoms with E-state index in [1.165, 1.54) is 5.38 Å². The molecular weight excluding hydrogens is 205 g/mol. The highest BCUT2D eigenvalue weighted by molar-refractivity contribution is 7.12. The maximum atomic E-state index is 13.4. The SMILES string of the molecule is C=C(OCC)c1csc(C(N)=O)c1F. The summed E-state index contributed by atoms with van der Waals surface area (Å²) < 4.78 is 18.4. The average Bonchev–Trinajstić information content (AvgIpc) is 2.47. The first-order valence-electron chi connectivity index (χ1n) is 3.96. The molecule has 76 valence electrons. The monoisotopic (exact) mass is 215 g/mol. The van der Waals surface area contributed by atoms with Crippen molar-refractivity contribution in [3.8, 4) is 0 Å². The van der Waals surface area contributed by atoms with Gasteiger partial charge in [-0.05, 0) is 6.92 Å². The van der Waals surface area contributed by atoms with Gasteiger partial charge < -0.3 is 10.5 Å². The molecule has 0 unspecified atom stereocenters. The number of carbonyl (C=O) groups excluding carboxylic acids is 1. The van der Waals surface area contributed by atoms with Gasteiger partial charge in [0.15, 0.2) is 5.82 Å². The van der Waals surface area contributed by atoms with E-state index in [2.05, 4.69) is 6.58 Å². The van der Waals surface area contributed by atoms with Crippen molar-refractivity contribution in [3.63, 3.8) is 0 Å². The first-order valence-corrected chi connectivity index (χ1v) is 4.84. The van der Waals surface area contributed by atoms with Gasteiger partial charge in [-0.25, -0.2) is 4.39 Å². The molecule has 0 saturated carbocycles. The summed E-state index contributed by atoms with van der Waals surface area (Å²) in [5.74, 6) is -1.21. The third-order valence-electron chi connectivity index (χ3n) is 1.57. The number of hydrogen-bond acceptors (Lipinski definition) is 3. The number of nitrogens with two attached hydrogens (primary N) is 1. The molecule has 5 heteroatoms. The van der Waals surface area contributed by atoms with Crippen LogP contribution in [-0.2, 0) is 4.74 Å². The molecule has 1 rings (SSSR count). The Hall–Kier alpha value is -1.36. The van der Waals surface area contributed by atoms with E-state index in [0.29, 0.717) is 6.61 Å². The molecule has 0 aliphatic carbocycles. The van der Waals surface area contributed by atoms with Crippen molar-refractivity contribution in [2.75, 3.05) is 6.61 Å². The lowest BCUT2D eigenvalue weighted by Gasteiger charge is -2.03. The predicted octanol–water partition coefficient (Wildman–Crippen LogP) is 1.99. The third kappa shape index (κ3) is 1.93. The minimum absolute atomic E-state index is 0.0964. The van der Waals surface area contributed by atoms with Crippen LogP contribution in [0.2, 0.25) is 0 Å². The summed E-state index contributed by atoms with van der Waals surface area (Å²) in [5, 5.41) is 1.47. The molecule has 0 radical (unpaired) electrons. The number of thiophene rings is 1. The Morgan fingerprint density at radius 1 is 1.79 bits per heavy atom. The first kappa shape index (κ1) is 10.7. The van der Waals surface area contributed by atoms with Crippen molar-refractivity contribution in [2.45, 2.75) is 6.92 Å². The minimum Gasteiger partial charge on any atom is -0.494 e. The van der Waals surface area contributed by atoms with Gasteiger partial charge in [-0.2, -0.15) is 0 Å². The number of ether oxygens (including phenoxy) is 1. The molecule has 0 spiro atoms. The van der Waals surface area contributed by atoms with Crippen molar-refractivity contribution >= 4 is 23.0 Å². The van der Waals surface area contributed by atoms with Gasteiger partial charge in [0.1, 0.15) is 10.6 Å². The molecule has 0 fully saturated rings. The number of amides is 1. The van der Waals surface area contributed by atoms with Crippen LogP contribution in [0.15, 0.2) is 12.0 Å². The third-order valence-corrected chi connectivity index (χ3v) is 2.54. The van der Waals surface area contributed by atoms with Crippen molar-refractivity contribution in [2.24, 2.45) is 5.73 Å². The molecule has 0 saturated heterocycles. The van der Waals surface area contributed by atoms with Crippen LogP contribution >= 0.6 is 11.3 Å². The average molecular weight is 215 g/mol. The zero-order chi connectivity index (χ0) is 10.7. The van der Waals surface area contributed by atoms with Gasteiger partial charge in [0.05, 0.1) is 12.2 Å². The Morgan fingerprint density at radius 2 is 2.43 bits per heavy atom. The molecule has 0 aliphatic rings. The van der Waals surface area contributed by atoms with Crippen LogP contribution < -0.4 is 5.73 Å². The van der Waals surface area contributed by atoms with Gasteiger partial charge >= 0.3 is 0 Å². The Labute approximate surface area is 85.0 Å². The Balaban J connectivity index is 3.00. The second-order valence-electron chi connectivity index (χ2n) is 2.51. The summed E-state index contributed by atoms with van der Waals surface area (Å²) in [4.78, 5) is 10.6. The number of halogens is 1. The highest BCUT2D eigenvalue weighted by Gasteiger charge is 2.17. The summed E-state index contributed by atoms with van der Waals surface area (Å²) in [6.45, 7) is 5.71. The summed E-state index contributed by atoms with van der Waals surface area (Å²) >= 11 is 0.948. The van der Waals surface area contributed by atoms with E-state index in [1.807, 2.05) is 0 Å². The van der Waals surface area contributed by atoms with Crippen LogP contribution in [0.25, 0.3) is 5.76 Å². The van der Waals surface area contributed by atoms with Gasteiger partial charge in [0.2, 0.25) is 0 Å². The number of primary amides is 1. The van der Waals surface area contributed by atoms with E-state index < -0.39 is 11.7 Å². The Kier molecular flexibility index (Phi) is 3.24. The lowest BCUT2D eigenvalue weighted by molar-refractivity contribution is 0.100. The Morgan fingerprint density at radius 3 is 2.86 bits per heavy atom. The molecule has 14 heavy (non-hydrogen) atoms. The fraction of sp³-hybridized carbons (Fsp3) is 0.222. The molecule has 1 aromatic heterocycles. The van der Waals surface area contributed by atoms with Crippen molar-refractivity contribution in [3.05, 3.63) is 28.2 Å². The molecule has 0 aromatic carbocycles. The summed E-state index contributed by atoms with van der Waals surface area (Å²) in [6.07, 6.45) is 0. The largest absolute Gasteiger partial charge is 0.494 e. The standard InChI is InChI=1S/C9H10FNO2S/c1-3-13-5(2)6-4-14-8(7(6)10)9(11)12/h4H,2-3H2,1H3,(H2,11,12). The molecule has 0 bridgehead atoms.